The number of aryl methyl sites for hydroxylation is 1. The molecule has 0 saturated heterocycles. The van der Waals surface area contributed by atoms with Crippen molar-refractivity contribution in [1.29, 1.82) is 0 Å². The van der Waals surface area contributed by atoms with E-state index in [9.17, 15) is 0 Å². The quantitative estimate of drug-likeness (QED) is 0.675. The lowest BCUT2D eigenvalue weighted by Crippen LogP contribution is -1.90. The van der Waals surface area contributed by atoms with Gasteiger partial charge in [0.05, 0.1) is 0 Å². The molecule has 0 radical (unpaired) electrons. The summed E-state index contributed by atoms with van der Waals surface area (Å²) >= 11 is 1.71. The van der Waals surface area contributed by atoms with E-state index in [0.717, 1.165) is 17.5 Å². The number of thiazole rings is 1. The van der Waals surface area contributed by atoms with Gasteiger partial charge >= 0.3 is 0 Å². The molecule has 1 unspecified atom stereocenters. The third-order valence-corrected chi connectivity index (χ3v) is 4.27. The van der Waals surface area contributed by atoms with Gasteiger partial charge in [0.15, 0.2) is 5.13 Å². The zero-order valence-electron chi connectivity index (χ0n) is 12.8. The lowest BCUT2D eigenvalue weighted by atomic mass is 10.0. The summed E-state index contributed by atoms with van der Waals surface area (Å²) in [5.41, 5.74) is 0. The average molecular weight is 270 g/mol. The van der Waals surface area contributed by atoms with Crippen molar-refractivity contribution in [3.05, 3.63) is 11.1 Å². The topological polar surface area (TPSA) is 24.9 Å². The fourth-order valence-corrected chi connectivity index (χ4v) is 2.24. The van der Waals surface area contributed by atoms with Crippen LogP contribution in [0.15, 0.2) is 6.20 Å². The van der Waals surface area contributed by atoms with Crippen LogP contribution in [0.2, 0.25) is 0 Å². The minimum atomic E-state index is 0.955. The Hall–Kier alpha value is -0.570. The van der Waals surface area contributed by atoms with Gasteiger partial charge in [-0.05, 0) is 12.3 Å². The molecule has 3 heteroatoms. The van der Waals surface area contributed by atoms with Crippen LogP contribution in [0.4, 0.5) is 5.13 Å². The van der Waals surface area contributed by atoms with Crippen molar-refractivity contribution in [2.45, 2.75) is 66.2 Å². The smallest absolute Gasteiger partial charge is 0.182 e. The molecule has 1 N–H and O–H groups in total. The fourth-order valence-electron chi connectivity index (χ4n) is 1.53. The molecule has 1 atom stereocenters. The van der Waals surface area contributed by atoms with Gasteiger partial charge in [-0.25, -0.2) is 4.98 Å². The van der Waals surface area contributed by atoms with E-state index >= 15 is 0 Å². The van der Waals surface area contributed by atoms with Gasteiger partial charge in [-0.3, -0.25) is 0 Å². The number of hydrogen-bond donors (Lipinski definition) is 1. The number of nitrogens with zero attached hydrogens (tertiary/aromatic N) is 1. The van der Waals surface area contributed by atoms with Crippen molar-refractivity contribution >= 4 is 16.5 Å². The normalized spacial score (nSPS) is 11.6. The van der Waals surface area contributed by atoms with Gasteiger partial charge in [0.1, 0.15) is 0 Å². The standard InChI is InChI=1S/C9H20.C6H10N2S/c1-4-6-7-8-9(3)5-2;1-3-5-4-8-6(7-2)9-5/h9H,4-8H2,1-3H3;4H,3H2,1-2H3,(H,7,8). The molecule has 106 valence electrons. The first kappa shape index (κ1) is 17.4. The molecular formula is C15H30N2S. The van der Waals surface area contributed by atoms with E-state index in [0.29, 0.717) is 0 Å². The Bertz CT molecular complexity index is 265. The molecule has 0 bridgehead atoms. The Balaban J connectivity index is 0.000000321. The van der Waals surface area contributed by atoms with Crippen LogP contribution in [0.5, 0.6) is 0 Å². The summed E-state index contributed by atoms with van der Waals surface area (Å²) in [4.78, 5) is 5.45. The van der Waals surface area contributed by atoms with Crippen LogP contribution in [0.3, 0.4) is 0 Å². The first-order valence-corrected chi connectivity index (χ1v) is 8.11. The largest absolute Gasteiger partial charge is 0.365 e. The van der Waals surface area contributed by atoms with Crippen molar-refractivity contribution in [3.63, 3.8) is 0 Å². The first-order valence-electron chi connectivity index (χ1n) is 7.30. The van der Waals surface area contributed by atoms with Crippen LogP contribution in [-0.4, -0.2) is 12.0 Å². The molecule has 1 aromatic heterocycles. The second-order valence-electron chi connectivity index (χ2n) is 4.74. The van der Waals surface area contributed by atoms with E-state index in [1.165, 1.54) is 37.0 Å². The van der Waals surface area contributed by atoms with Crippen molar-refractivity contribution in [1.82, 2.24) is 4.98 Å². The van der Waals surface area contributed by atoms with E-state index in [4.69, 9.17) is 0 Å². The molecule has 1 aromatic rings. The highest BCUT2D eigenvalue weighted by Crippen LogP contribution is 2.16. The second-order valence-corrected chi connectivity index (χ2v) is 5.86. The van der Waals surface area contributed by atoms with E-state index in [1.54, 1.807) is 11.3 Å². The van der Waals surface area contributed by atoms with Gasteiger partial charge in [0.25, 0.3) is 0 Å². The fraction of sp³-hybridized carbons (Fsp3) is 0.800. The van der Waals surface area contributed by atoms with Crippen molar-refractivity contribution in [3.8, 4) is 0 Å². The first-order chi connectivity index (χ1) is 8.67. The summed E-state index contributed by atoms with van der Waals surface area (Å²) in [5.74, 6) is 0.955. The second kappa shape index (κ2) is 11.5. The Morgan fingerprint density at radius 3 is 2.39 bits per heavy atom. The molecule has 0 aliphatic carbocycles. The zero-order valence-corrected chi connectivity index (χ0v) is 13.6. The van der Waals surface area contributed by atoms with Crippen LogP contribution in [0, 0.1) is 5.92 Å². The third kappa shape index (κ3) is 8.51. The molecule has 0 amide bonds. The lowest BCUT2D eigenvalue weighted by molar-refractivity contribution is 0.482. The van der Waals surface area contributed by atoms with E-state index in [-0.39, 0.29) is 0 Å². The maximum Gasteiger partial charge on any atom is 0.182 e. The summed E-state index contributed by atoms with van der Waals surface area (Å²) in [5, 5.41) is 4.00. The molecule has 0 aromatic carbocycles. The Morgan fingerprint density at radius 2 is 2.00 bits per heavy atom. The van der Waals surface area contributed by atoms with Crippen molar-refractivity contribution in [2.75, 3.05) is 12.4 Å². The van der Waals surface area contributed by atoms with Crippen molar-refractivity contribution in [2.24, 2.45) is 5.92 Å². The molecule has 0 fully saturated rings. The van der Waals surface area contributed by atoms with Crippen LogP contribution in [-0.2, 0) is 6.42 Å². The molecule has 0 aliphatic rings. The summed E-state index contributed by atoms with van der Waals surface area (Å²) in [7, 11) is 1.89. The van der Waals surface area contributed by atoms with Gasteiger partial charge in [-0.2, -0.15) is 0 Å². The monoisotopic (exact) mass is 270 g/mol. The van der Waals surface area contributed by atoms with Crippen LogP contribution >= 0.6 is 11.3 Å². The number of aromatic nitrogens is 1. The maximum atomic E-state index is 4.11. The maximum absolute atomic E-state index is 4.11. The Labute approximate surface area is 117 Å². The predicted molar refractivity (Wildman–Crippen MR) is 84.6 cm³/mol. The number of unbranched alkanes of at least 4 members (excludes halogenated alkanes) is 2. The van der Waals surface area contributed by atoms with Crippen LogP contribution < -0.4 is 5.32 Å². The van der Waals surface area contributed by atoms with E-state index in [2.05, 4.69) is 38.0 Å². The highest BCUT2D eigenvalue weighted by molar-refractivity contribution is 7.15. The van der Waals surface area contributed by atoms with Crippen molar-refractivity contribution < 1.29 is 0 Å². The number of rotatable bonds is 7. The predicted octanol–water partition coefficient (Wildman–Crippen LogP) is 5.36. The van der Waals surface area contributed by atoms with Gasteiger partial charge in [0, 0.05) is 18.1 Å². The molecule has 2 nitrogen and oxygen atoms in total. The highest BCUT2D eigenvalue weighted by atomic mass is 32.1. The van der Waals surface area contributed by atoms with Gasteiger partial charge in [0.2, 0.25) is 0 Å². The van der Waals surface area contributed by atoms with Gasteiger partial charge in [-0.15, -0.1) is 11.3 Å². The number of nitrogens with one attached hydrogen (secondary N) is 1. The molecule has 0 spiro atoms. The Kier molecular flexibility index (Phi) is 11.2. The molecule has 18 heavy (non-hydrogen) atoms. The molecule has 0 aliphatic heterocycles. The average Bonchev–Trinajstić information content (AvgIpc) is 2.87. The molecule has 0 saturated carbocycles. The van der Waals surface area contributed by atoms with Crippen LogP contribution in [0.25, 0.3) is 0 Å². The van der Waals surface area contributed by atoms with E-state index < -0.39 is 0 Å². The Morgan fingerprint density at radius 1 is 1.28 bits per heavy atom. The molecule has 1 heterocycles. The van der Waals surface area contributed by atoms with Gasteiger partial charge in [-0.1, -0.05) is 59.8 Å². The SMILES string of the molecule is CCCCCC(C)CC.CCc1cnc(NC)s1. The number of anilines is 1. The van der Waals surface area contributed by atoms with Crippen LogP contribution in [0.1, 0.15) is 64.7 Å². The lowest BCUT2D eigenvalue weighted by Gasteiger charge is -2.05. The molecule has 1 rings (SSSR count). The summed E-state index contributed by atoms with van der Waals surface area (Å²) < 4.78 is 0. The zero-order chi connectivity index (χ0) is 13.8. The summed E-state index contributed by atoms with van der Waals surface area (Å²) in [6.07, 6.45) is 10.00. The summed E-state index contributed by atoms with van der Waals surface area (Å²) in [6, 6.07) is 0. The molecular weight excluding hydrogens is 240 g/mol. The third-order valence-electron chi connectivity index (χ3n) is 3.11. The minimum Gasteiger partial charge on any atom is -0.365 e. The highest BCUT2D eigenvalue weighted by Gasteiger charge is 1.96. The number of hydrogen-bond acceptors (Lipinski definition) is 3. The summed E-state index contributed by atoms with van der Waals surface area (Å²) in [6.45, 7) is 9.01. The minimum absolute atomic E-state index is 0.955. The van der Waals surface area contributed by atoms with Gasteiger partial charge < -0.3 is 5.32 Å². The van der Waals surface area contributed by atoms with E-state index in [1.807, 2.05) is 13.2 Å².